The fourth-order valence-corrected chi connectivity index (χ4v) is 4.03. The van der Waals surface area contributed by atoms with E-state index in [4.69, 9.17) is 11.6 Å². The van der Waals surface area contributed by atoms with E-state index in [9.17, 15) is 8.42 Å². The van der Waals surface area contributed by atoms with E-state index in [2.05, 4.69) is 27.8 Å². The number of sulfone groups is 1. The lowest BCUT2D eigenvalue weighted by Crippen LogP contribution is -2.50. The van der Waals surface area contributed by atoms with Crippen LogP contribution in [-0.2, 0) is 15.3 Å². The zero-order chi connectivity index (χ0) is 18.5. The fourth-order valence-electron chi connectivity index (χ4n) is 3.12. The van der Waals surface area contributed by atoms with Gasteiger partial charge in [0.25, 0.3) is 0 Å². The maximum absolute atomic E-state index is 11.3. The summed E-state index contributed by atoms with van der Waals surface area (Å²) in [7, 11) is -1.21. The van der Waals surface area contributed by atoms with E-state index in [1.165, 1.54) is 18.2 Å². The highest BCUT2D eigenvalue weighted by Gasteiger charge is 2.38. The number of nitrogens with one attached hydrogen (secondary N) is 2. The van der Waals surface area contributed by atoms with Crippen LogP contribution in [0.5, 0.6) is 0 Å². The SMILES string of the molecule is CN=C(NCC1(c2ccc(Cl)cc2)CCC1)NC(C)CCS(C)(=O)=O. The lowest BCUT2D eigenvalue weighted by Gasteiger charge is -2.43. The van der Waals surface area contributed by atoms with Crippen LogP contribution in [0.1, 0.15) is 38.2 Å². The maximum atomic E-state index is 11.3. The number of rotatable bonds is 7. The Balaban J connectivity index is 1.92. The third-order valence-electron chi connectivity index (χ3n) is 4.89. The van der Waals surface area contributed by atoms with Gasteiger partial charge in [0.15, 0.2) is 5.96 Å². The molecule has 0 amide bonds. The molecule has 1 fully saturated rings. The van der Waals surface area contributed by atoms with Crippen molar-refractivity contribution in [2.75, 3.05) is 25.6 Å². The quantitative estimate of drug-likeness (QED) is 0.559. The van der Waals surface area contributed by atoms with Gasteiger partial charge in [0.1, 0.15) is 9.84 Å². The van der Waals surface area contributed by atoms with Gasteiger partial charge in [-0.3, -0.25) is 4.99 Å². The first kappa shape index (κ1) is 20.0. The van der Waals surface area contributed by atoms with E-state index in [-0.39, 0.29) is 17.2 Å². The molecule has 0 bridgehead atoms. The molecule has 1 aromatic rings. The highest BCUT2D eigenvalue weighted by molar-refractivity contribution is 7.90. The van der Waals surface area contributed by atoms with Crippen LogP contribution >= 0.6 is 11.6 Å². The molecule has 1 aliphatic carbocycles. The van der Waals surface area contributed by atoms with Crippen molar-refractivity contribution in [1.82, 2.24) is 10.6 Å². The van der Waals surface area contributed by atoms with Crippen LogP contribution in [0, 0.1) is 0 Å². The molecule has 25 heavy (non-hydrogen) atoms. The summed E-state index contributed by atoms with van der Waals surface area (Å²) in [6.07, 6.45) is 5.33. The second-order valence-corrected chi connectivity index (χ2v) is 9.73. The average Bonchev–Trinajstić information content (AvgIpc) is 2.51. The zero-order valence-electron chi connectivity index (χ0n) is 15.2. The Bertz CT molecular complexity index is 698. The normalized spacial score (nSPS) is 18.3. The van der Waals surface area contributed by atoms with Crippen LogP contribution in [0.4, 0.5) is 0 Å². The predicted octanol–water partition coefficient (Wildman–Crippen LogP) is 2.75. The predicted molar refractivity (Wildman–Crippen MR) is 105 cm³/mol. The van der Waals surface area contributed by atoms with Crippen molar-refractivity contribution in [3.63, 3.8) is 0 Å². The van der Waals surface area contributed by atoms with Crippen LogP contribution in [0.3, 0.4) is 0 Å². The summed E-state index contributed by atoms with van der Waals surface area (Å²) >= 11 is 6.00. The first-order valence-electron chi connectivity index (χ1n) is 8.65. The molecule has 0 aromatic heterocycles. The molecule has 7 heteroatoms. The Labute approximate surface area is 156 Å². The molecular weight excluding hydrogens is 358 g/mol. The Morgan fingerprint density at radius 2 is 1.96 bits per heavy atom. The van der Waals surface area contributed by atoms with Gasteiger partial charge in [-0.25, -0.2) is 8.42 Å². The summed E-state index contributed by atoms with van der Waals surface area (Å²) in [5, 5.41) is 7.44. The van der Waals surface area contributed by atoms with Crippen molar-refractivity contribution in [3.8, 4) is 0 Å². The minimum absolute atomic E-state index is 0.0359. The first-order valence-corrected chi connectivity index (χ1v) is 11.1. The summed E-state index contributed by atoms with van der Waals surface area (Å²) in [6.45, 7) is 2.77. The van der Waals surface area contributed by atoms with Crippen LogP contribution in [0.25, 0.3) is 0 Å². The molecule has 1 saturated carbocycles. The molecule has 1 aliphatic rings. The lowest BCUT2D eigenvalue weighted by atomic mass is 9.64. The zero-order valence-corrected chi connectivity index (χ0v) is 16.8. The topological polar surface area (TPSA) is 70.6 Å². The molecule has 2 N–H and O–H groups in total. The Kier molecular flexibility index (Phi) is 6.74. The Morgan fingerprint density at radius 1 is 1.32 bits per heavy atom. The molecular formula is C18H28ClN3O2S. The van der Waals surface area contributed by atoms with Gasteiger partial charge in [-0.2, -0.15) is 0 Å². The number of guanidine groups is 1. The van der Waals surface area contributed by atoms with E-state index in [0.717, 1.165) is 24.4 Å². The Morgan fingerprint density at radius 3 is 2.44 bits per heavy atom. The third-order valence-corrected chi connectivity index (χ3v) is 6.12. The monoisotopic (exact) mass is 385 g/mol. The highest BCUT2D eigenvalue weighted by atomic mass is 35.5. The van der Waals surface area contributed by atoms with Gasteiger partial charge in [0.05, 0.1) is 5.75 Å². The lowest BCUT2D eigenvalue weighted by molar-refractivity contribution is 0.243. The molecule has 1 unspecified atom stereocenters. The molecule has 0 saturated heterocycles. The summed E-state index contributed by atoms with van der Waals surface area (Å²) in [5.74, 6) is 0.883. The van der Waals surface area contributed by atoms with E-state index >= 15 is 0 Å². The van der Waals surface area contributed by atoms with Crippen LogP contribution in [0.15, 0.2) is 29.3 Å². The summed E-state index contributed by atoms with van der Waals surface area (Å²) < 4.78 is 22.6. The van der Waals surface area contributed by atoms with Gasteiger partial charge in [0, 0.05) is 36.3 Å². The minimum atomic E-state index is -2.94. The number of aliphatic imine (C=N–C) groups is 1. The molecule has 0 aliphatic heterocycles. The molecule has 140 valence electrons. The number of nitrogens with zero attached hydrogens (tertiary/aromatic N) is 1. The fraction of sp³-hybridized carbons (Fsp3) is 0.611. The molecule has 1 aromatic carbocycles. The van der Waals surface area contributed by atoms with Crippen molar-refractivity contribution in [2.45, 2.75) is 44.1 Å². The molecule has 1 atom stereocenters. The highest BCUT2D eigenvalue weighted by Crippen LogP contribution is 2.43. The summed E-state index contributed by atoms with van der Waals surface area (Å²) in [4.78, 5) is 4.27. The first-order chi connectivity index (χ1) is 11.7. The number of hydrogen-bond acceptors (Lipinski definition) is 3. The second-order valence-electron chi connectivity index (χ2n) is 7.03. The maximum Gasteiger partial charge on any atom is 0.191 e. The van der Waals surface area contributed by atoms with E-state index in [0.29, 0.717) is 12.4 Å². The van der Waals surface area contributed by atoms with Crippen molar-refractivity contribution in [2.24, 2.45) is 4.99 Å². The van der Waals surface area contributed by atoms with Gasteiger partial charge in [0.2, 0.25) is 0 Å². The van der Waals surface area contributed by atoms with Gasteiger partial charge in [-0.1, -0.05) is 30.2 Å². The van der Waals surface area contributed by atoms with Gasteiger partial charge < -0.3 is 10.6 Å². The van der Waals surface area contributed by atoms with Crippen molar-refractivity contribution >= 4 is 27.4 Å². The van der Waals surface area contributed by atoms with Crippen molar-refractivity contribution < 1.29 is 8.42 Å². The van der Waals surface area contributed by atoms with Crippen molar-refractivity contribution in [1.29, 1.82) is 0 Å². The standard InChI is InChI=1S/C18H28ClN3O2S/c1-14(9-12-25(3,23)24)22-17(20-2)21-13-18(10-4-11-18)15-5-7-16(19)8-6-15/h5-8,14H,4,9-13H2,1-3H3,(H2,20,21,22). The van der Waals surface area contributed by atoms with Crippen LogP contribution < -0.4 is 10.6 Å². The summed E-state index contributed by atoms with van der Waals surface area (Å²) in [5.41, 5.74) is 1.43. The van der Waals surface area contributed by atoms with Crippen LogP contribution in [0.2, 0.25) is 5.02 Å². The number of benzene rings is 1. The van der Waals surface area contributed by atoms with E-state index in [1.54, 1.807) is 7.05 Å². The summed E-state index contributed by atoms with van der Waals surface area (Å²) in [6, 6.07) is 8.13. The number of halogens is 1. The molecule has 0 radical (unpaired) electrons. The van der Waals surface area contributed by atoms with Gasteiger partial charge >= 0.3 is 0 Å². The van der Waals surface area contributed by atoms with E-state index in [1.807, 2.05) is 19.1 Å². The molecule has 5 nitrogen and oxygen atoms in total. The van der Waals surface area contributed by atoms with Crippen molar-refractivity contribution in [3.05, 3.63) is 34.9 Å². The second kappa shape index (κ2) is 8.41. The molecule has 2 rings (SSSR count). The molecule has 0 heterocycles. The largest absolute Gasteiger partial charge is 0.356 e. The smallest absolute Gasteiger partial charge is 0.191 e. The van der Waals surface area contributed by atoms with E-state index < -0.39 is 9.84 Å². The Hall–Kier alpha value is -1.27. The van der Waals surface area contributed by atoms with Crippen LogP contribution in [-0.4, -0.2) is 46.0 Å². The van der Waals surface area contributed by atoms with Gasteiger partial charge in [-0.15, -0.1) is 0 Å². The number of hydrogen-bond donors (Lipinski definition) is 2. The third kappa shape index (κ3) is 5.89. The average molecular weight is 386 g/mol. The minimum Gasteiger partial charge on any atom is -0.356 e. The molecule has 0 spiro atoms. The van der Waals surface area contributed by atoms with Gasteiger partial charge in [-0.05, 0) is 43.9 Å².